The van der Waals surface area contributed by atoms with Crippen molar-refractivity contribution in [3.8, 4) is 11.5 Å². The molecule has 0 spiro atoms. The van der Waals surface area contributed by atoms with E-state index >= 15 is 0 Å². The fraction of sp³-hybridized carbons (Fsp3) is 0.143. The molecule has 0 radical (unpaired) electrons. The largest absolute Gasteiger partial charge is 0.432 e. The van der Waals surface area contributed by atoms with Crippen LogP contribution >= 0.6 is 16.3 Å². The average molecular weight is 186 g/mol. The van der Waals surface area contributed by atoms with Gasteiger partial charge in [0.05, 0.1) is 0 Å². The van der Waals surface area contributed by atoms with Crippen molar-refractivity contribution in [3.63, 3.8) is 0 Å². The van der Waals surface area contributed by atoms with Gasteiger partial charge in [0.25, 0.3) is 0 Å². The van der Waals surface area contributed by atoms with Crippen LogP contribution < -0.4 is 9.05 Å². The van der Waals surface area contributed by atoms with Crippen molar-refractivity contribution in [1.82, 2.24) is 0 Å². The number of rotatable bonds is 1. The molecule has 0 fully saturated rings. The minimum atomic E-state index is -0.642. The maximum absolute atomic E-state index is 5.51. The van der Waals surface area contributed by atoms with Crippen LogP contribution in [-0.4, -0.2) is 6.66 Å². The van der Waals surface area contributed by atoms with E-state index in [9.17, 15) is 0 Å². The number of benzene rings is 1. The molecule has 0 saturated carbocycles. The van der Waals surface area contributed by atoms with Crippen molar-refractivity contribution in [2.75, 3.05) is 6.66 Å². The molecule has 1 aromatic rings. The fourth-order valence-electron chi connectivity index (χ4n) is 0.890. The lowest BCUT2D eigenvalue weighted by Gasteiger charge is -2.02. The van der Waals surface area contributed by atoms with Crippen LogP contribution in [0.2, 0.25) is 0 Å². The van der Waals surface area contributed by atoms with Crippen molar-refractivity contribution >= 4 is 16.3 Å². The van der Waals surface area contributed by atoms with Gasteiger partial charge in [0, 0.05) is 0 Å². The lowest BCUT2D eigenvalue weighted by Crippen LogP contribution is -1.74. The summed E-state index contributed by atoms with van der Waals surface area (Å²) >= 11 is 0. The Labute approximate surface area is 68.5 Å². The van der Waals surface area contributed by atoms with Crippen LogP contribution in [0.25, 0.3) is 0 Å². The van der Waals surface area contributed by atoms with Gasteiger partial charge in [0.2, 0.25) is 0 Å². The average Bonchev–Trinajstić information content (AvgIpc) is 2.46. The van der Waals surface area contributed by atoms with E-state index in [0.29, 0.717) is 0 Å². The summed E-state index contributed by atoms with van der Waals surface area (Å²) in [5.41, 5.74) is 0. The maximum Gasteiger partial charge on any atom is 0.310 e. The van der Waals surface area contributed by atoms with Crippen LogP contribution in [0.15, 0.2) is 24.3 Å². The molecule has 1 unspecified atom stereocenters. The second kappa shape index (κ2) is 2.97. The third-order valence-corrected chi connectivity index (χ3v) is 4.13. The van der Waals surface area contributed by atoms with Crippen LogP contribution in [0, 0.1) is 0 Å². The van der Waals surface area contributed by atoms with E-state index in [1.54, 1.807) is 0 Å². The Morgan fingerprint density at radius 2 is 1.73 bits per heavy atom. The predicted octanol–water partition coefficient (Wildman–Crippen LogP) is 2.99. The topological polar surface area (TPSA) is 18.5 Å². The van der Waals surface area contributed by atoms with Gasteiger partial charge in [-0.25, -0.2) is 0 Å². The van der Waals surface area contributed by atoms with Crippen molar-refractivity contribution in [2.24, 2.45) is 0 Å². The summed E-state index contributed by atoms with van der Waals surface area (Å²) in [6.07, 6.45) is 0. The van der Waals surface area contributed by atoms with Gasteiger partial charge in [-0.3, -0.25) is 0 Å². The second-order valence-corrected chi connectivity index (χ2v) is 5.87. The standard InChI is InChI=1S/C7H8O2P2/c1-10-11-8-6-4-2-3-5-7(6)9-11/h2-5,10H,1H3. The number of hydrogen-bond acceptors (Lipinski definition) is 2. The Hall–Kier alpha value is -0.320. The van der Waals surface area contributed by atoms with Gasteiger partial charge in [0.15, 0.2) is 11.5 Å². The minimum absolute atomic E-state index is 0.642. The SMILES string of the molecule is CPP1Oc2ccccc2O1. The van der Waals surface area contributed by atoms with E-state index in [1.807, 2.05) is 24.3 Å². The minimum Gasteiger partial charge on any atom is -0.432 e. The molecule has 0 aliphatic carbocycles. The first kappa shape index (κ1) is 7.34. The summed E-state index contributed by atoms with van der Waals surface area (Å²) in [4.78, 5) is 0. The molecular formula is C7H8O2P2. The highest BCUT2D eigenvalue weighted by Crippen LogP contribution is 2.61. The van der Waals surface area contributed by atoms with Crippen LogP contribution in [0.5, 0.6) is 11.5 Å². The molecule has 58 valence electrons. The summed E-state index contributed by atoms with van der Waals surface area (Å²) < 4.78 is 11.0. The molecular weight excluding hydrogens is 178 g/mol. The Kier molecular flexibility index (Phi) is 1.98. The summed E-state index contributed by atoms with van der Waals surface area (Å²) in [7, 11) is 0.0861. The highest BCUT2D eigenvalue weighted by atomic mass is 32.1. The first-order valence-corrected chi connectivity index (χ1v) is 6.84. The zero-order chi connectivity index (χ0) is 7.68. The fourth-order valence-corrected chi connectivity index (χ4v) is 2.91. The van der Waals surface area contributed by atoms with E-state index in [-0.39, 0.29) is 0 Å². The summed E-state index contributed by atoms with van der Waals surface area (Å²) in [6, 6.07) is 7.80. The Balaban J connectivity index is 2.27. The number of hydrogen-bond donors (Lipinski definition) is 0. The monoisotopic (exact) mass is 186 g/mol. The molecule has 0 N–H and O–H groups in total. The molecule has 0 amide bonds. The second-order valence-electron chi connectivity index (χ2n) is 2.11. The van der Waals surface area contributed by atoms with Gasteiger partial charge in [0.1, 0.15) is 0 Å². The molecule has 0 aromatic heterocycles. The van der Waals surface area contributed by atoms with Crippen LogP contribution in [-0.2, 0) is 0 Å². The first-order chi connectivity index (χ1) is 5.40. The molecule has 0 bridgehead atoms. The predicted molar refractivity (Wildman–Crippen MR) is 48.9 cm³/mol. The van der Waals surface area contributed by atoms with E-state index in [1.165, 1.54) is 0 Å². The van der Waals surface area contributed by atoms with E-state index < -0.39 is 8.06 Å². The van der Waals surface area contributed by atoms with Crippen LogP contribution in [0.4, 0.5) is 0 Å². The summed E-state index contributed by atoms with van der Waals surface area (Å²) in [5.74, 6) is 1.79. The Bertz CT molecular complexity index is 239. The van der Waals surface area contributed by atoms with Gasteiger partial charge < -0.3 is 9.05 Å². The smallest absolute Gasteiger partial charge is 0.310 e. The van der Waals surface area contributed by atoms with Crippen molar-refractivity contribution in [1.29, 1.82) is 0 Å². The normalized spacial score (nSPS) is 16.5. The Morgan fingerprint density at radius 1 is 1.18 bits per heavy atom. The summed E-state index contributed by atoms with van der Waals surface area (Å²) in [5, 5.41) is 0. The number of fused-ring (bicyclic) bond motifs is 1. The maximum atomic E-state index is 5.51. The Morgan fingerprint density at radius 3 is 2.18 bits per heavy atom. The van der Waals surface area contributed by atoms with Crippen LogP contribution in [0.1, 0.15) is 0 Å². The third kappa shape index (κ3) is 1.34. The van der Waals surface area contributed by atoms with Gasteiger partial charge in [-0.1, -0.05) is 12.1 Å². The molecule has 1 heterocycles. The molecule has 4 heteroatoms. The zero-order valence-electron chi connectivity index (χ0n) is 6.07. The first-order valence-electron chi connectivity index (χ1n) is 3.32. The molecule has 11 heavy (non-hydrogen) atoms. The van der Waals surface area contributed by atoms with E-state index in [0.717, 1.165) is 19.8 Å². The molecule has 1 aromatic carbocycles. The molecule has 1 aliphatic heterocycles. The highest BCUT2D eigenvalue weighted by Gasteiger charge is 2.22. The van der Waals surface area contributed by atoms with Gasteiger partial charge in [-0.2, -0.15) is 0 Å². The van der Waals surface area contributed by atoms with Crippen LogP contribution in [0.3, 0.4) is 0 Å². The van der Waals surface area contributed by atoms with Crippen molar-refractivity contribution < 1.29 is 9.05 Å². The molecule has 0 saturated heterocycles. The van der Waals surface area contributed by atoms with Crippen molar-refractivity contribution in [3.05, 3.63) is 24.3 Å². The summed E-state index contributed by atoms with van der Waals surface area (Å²) in [6.45, 7) is 2.09. The van der Waals surface area contributed by atoms with E-state index in [2.05, 4.69) is 6.66 Å². The lowest BCUT2D eigenvalue weighted by molar-refractivity contribution is 0.596. The zero-order valence-corrected chi connectivity index (χ0v) is 7.97. The molecule has 1 aliphatic rings. The van der Waals surface area contributed by atoms with Gasteiger partial charge >= 0.3 is 8.06 Å². The lowest BCUT2D eigenvalue weighted by atomic mass is 10.3. The highest BCUT2D eigenvalue weighted by molar-refractivity contribution is 8.16. The van der Waals surface area contributed by atoms with Crippen molar-refractivity contribution in [2.45, 2.75) is 0 Å². The van der Waals surface area contributed by atoms with Gasteiger partial charge in [-0.05, 0) is 27.1 Å². The third-order valence-electron chi connectivity index (χ3n) is 1.39. The van der Waals surface area contributed by atoms with Gasteiger partial charge in [-0.15, -0.1) is 0 Å². The quantitative estimate of drug-likeness (QED) is 0.627. The molecule has 2 rings (SSSR count). The molecule has 2 nitrogen and oxygen atoms in total. The van der Waals surface area contributed by atoms with E-state index in [4.69, 9.17) is 9.05 Å². The molecule has 1 atom stereocenters. The number of para-hydroxylation sites is 2.